The molecule has 1 atom stereocenters. The molecule has 1 aliphatic rings. The quantitative estimate of drug-likeness (QED) is 0.782. The molecule has 1 aromatic rings. The standard InChI is InChI=1S/C13H19N3O/c1-11(10-16-8-6-15-7-9-16)13(17)12-2-4-14-5-3-12/h2-5,11,15H,6-10H2,1H3. The average molecular weight is 233 g/mol. The maximum Gasteiger partial charge on any atom is 0.167 e. The summed E-state index contributed by atoms with van der Waals surface area (Å²) in [7, 11) is 0. The number of rotatable bonds is 4. The Morgan fingerprint density at radius 2 is 2.06 bits per heavy atom. The Balaban J connectivity index is 1.91. The van der Waals surface area contributed by atoms with Crippen molar-refractivity contribution in [3.63, 3.8) is 0 Å². The van der Waals surface area contributed by atoms with Crippen LogP contribution in [-0.4, -0.2) is 48.4 Å². The summed E-state index contributed by atoms with van der Waals surface area (Å²) in [6, 6.07) is 3.58. The van der Waals surface area contributed by atoms with Crippen LogP contribution in [0, 0.1) is 5.92 Å². The number of piperazine rings is 1. The van der Waals surface area contributed by atoms with E-state index in [4.69, 9.17) is 0 Å². The van der Waals surface area contributed by atoms with Crippen molar-refractivity contribution >= 4 is 5.78 Å². The summed E-state index contributed by atoms with van der Waals surface area (Å²) in [5.41, 5.74) is 0.766. The molecule has 0 bridgehead atoms. The summed E-state index contributed by atoms with van der Waals surface area (Å²) >= 11 is 0. The highest BCUT2D eigenvalue weighted by atomic mass is 16.1. The van der Waals surface area contributed by atoms with Crippen LogP contribution in [0.1, 0.15) is 17.3 Å². The molecule has 0 aliphatic carbocycles. The van der Waals surface area contributed by atoms with Crippen molar-refractivity contribution in [1.29, 1.82) is 0 Å². The highest BCUT2D eigenvalue weighted by molar-refractivity contribution is 5.97. The molecule has 0 radical (unpaired) electrons. The minimum absolute atomic E-state index is 0.0514. The number of Topliss-reactive ketones (excluding diaryl/α,β-unsaturated/α-hetero) is 1. The van der Waals surface area contributed by atoms with Gasteiger partial charge in [-0.25, -0.2) is 0 Å². The maximum absolute atomic E-state index is 12.1. The second-order valence-corrected chi connectivity index (χ2v) is 4.55. The number of nitrogens with one attached hydrogen (secondary N) is 1. The van der Waals surface area contributed by atoms with Crippen molar-refractivity contribution in [2.45, 2.75) is 6.92 Å². The van der Waals surface area contributed by atoms with Gasteiger partial charge in [-0.15, -0.1) is 0 Å². The Morgan fingerprint density at radius 1 is 1.41 bits per heavy atom. The molecular weight excluding hydrogens is 214 g/mol. The smallest absolute Gasteiger partial charge is 0.167 e. The van der Waals surface area contributed by atoms with Gasteiger partial charge in [0.05, 0.1) is 0 Å². The van der Waals surface area contributed by atoms with Gasteiger partial charge in [-0.2, -0.15) is 0 Å². The van der Waals surface area contributed by atoms with Crippen LogP contribution in [0.2, 0.25) is 0 Å². The summed E-state index contributed by atoms with van der Waals surface area (Å²) in [6.45, 7) is 6.97. The highest BCUT2D eigenvalue weighted by Crippen LogP contribution is 2.10. The van der Waals surface area contributed by atoms with E-state index >= 15 is 0 Å². The fourth-order valence-electron chi connectivity index (χ4n) is 2.16. The van der Waals surface area contributed by atoms with Gasteiger partial charge in [-0.3, -0.25) is 9.78 Å². The lowest BCUT2D eigenvalue weighted by atomic mass is 9.99. The fraction of sp³-hybridized carbons (Fsp3) is 0.538. The lowest BCUT2D eigenvalue weighted by Gasteiger charge is -2.29. The van der Waals surface area contributed by atoms with Gasteiger partial charge in [0.1, 0.15) is 0 Å². The van der Waals surface area contributed by atoms with Crippen LogP contribution in [0.3, 0.4) is 0 Å². The van der Waals surface area contributed by atoms with Crippen LogP contribution in [0.25, 0.3) is 0 Å². The van der Waals surface area contributed by atoms with Crippen LogP contribution in [0.4, 0.5) is 0 Å². The first-order chi connectivity index (χ1) is 8.27. The van der Waals surface area contributed by atoms with Gasteiger partial charge in [0.15, 0.2) is 5.78 Å². The zero-order valence-corrected chi connectivity index (χ0v) is 10.2. The summed E-state index contributed by atoms with van der Waals surface area (Å²) in [5, 5.41) is 3.31. The molecule has 1 saturated heterocycles. The average Bonchev–Trinajstić information content (AvgIpc) is 2.40. The van der Waals surface area contributed by atoms with E-state index in [0.29, 0.717) is 0 Å². The van der Waals surface area contributed by atoms with Crippen LogP contribution in [-0.2, 0) is 0 Å². The first-order valence-corrected chi connectivity index (χ1v) is 6.14. The fourth-order valence-corrected chi connectivity index (χ4v) is 2.16. The van der Waals surface area contributed by atoms with Gasteiger partial charge in [-0.1, -0.05) is 6.92 Å². The summed E-state index contributed by atoms with van der Waals surface area (Å²) < 4.78 is 0. The van der Waals surface area contributed by atoms with E-state index in [1.54, 1.807) is 24.5 Å². The molecule has 1 fully saturated rings. The Bertz CT molecular complexity index is 360. The highest BCUT2D eigenvalue weighted by Gasteiger charge is 2.19. The van der Waals surface area contributed by atoms with Gasteiger partial charge in [0, 0.05) is 56.6 Å². The molecule has 1 N–H and O–H groups in total. The third-order valence-electron chi connectivity index (χ3n) is 3.15. The number of nitrogens with zero attached hydrogens (tertiary/aromatic N) is 2. The molecule has 92 valence electrons. The van der Waals surface area contributed by atoms with Gasteiger partial charge in [-0.05, 0) is 12.1 Å². The Labute approximate surface area is 102 Å². The first kappa shape index (κ1) is 12.2. The number of carbonyl (C=O) groups is 1. The Kier molecular flexibility index (Phi) is 4.23. The first-order valence-electron chi connectivity index (χ1n) is 6.14. The minimum atomic E-state index is 0.0514. The molecule has 0 spiro atoms. The van der Waals surface area contributed by atoms with Crippen LogP contribution < -0.4 is 5.32 Å². The lowest BCUT2D eigenvalue weighted by Crippen LogP contribution is -2.45. The minimum Gasteiger partial charge on any atom is -0.314 e. The number of ketones is 1. The van der Waals surface area contributed by atoms with E-state index in [1.807, 2.05) is 6.92 Å². The molecule has 17 heavy (non-hydrogen) atoms. The van der Waals surface area contributed by atoms with Gasteiger partial charge in [0.2, 0.25) is 0 Å². The van der Waals surface area contributed by atoms with E-state index < -0.39 is 0 Å². The van der Waals surface area contributed by atoms with Gasteiger partial charge in [0.25, 0.3) is 0 Å². The van der Waals surface area contributed by atoms with E-state index in [9.17, 15) is 4.79 Å². The zero-order chi connectivity index (χ0) is 12.1. The number of hydrogen-bond donors (Lipinski definition) is 1. The summed E-state index contributed by atoms with van der Waals surface area (Å²) in [5.74, 6) is 0.265. The predicted molar refractivity (Wildman–Crippen MR) is 67.0 cm³/mol. The van der Waals surface area contributed by atoms with E-state index in [2.05, 4.69) is 15.2 Å². The second-order valence-electron chi connectivity index (χ2n) is 4.55. The Morgan fingerprint density at radius 3 is 2.71 bits per heavy atom. The molecule has 2 heterocycles. The van der Waals surface area contributed by atoms with Gasteiger partial charge < -0.3 is 10.2 Å². The number of pyridine rings is 1. The zero-order valence-electron chi connectivity index (χ0n) is 10.2. The normalized spacial score (nSPS) is 18.9. The number of carbonyl (C=O) groups excluding carboxylic acids is 1. The van der Waals surface area contributed by atoms with Crippen molar-refractivity contribution in [3.8, 4) is 0 Å². The molecule has 0 aromatic carbocycles. The largest absolute Gasteiger partial charge is 0.314 e. The second kappa shape index (κ2) is 5.89. The van der Waals surface area contributed by atoms with Crippen molar-refractivity contribution in [1.82, 2.24) is 15.2 Å². The lowest BCUT2D eigenvalue weighted by molar-refractivity contribution is 0.0887. The molecule has 1 aliphatic heterocycles. The van der Waals surface area contributed by atoms with Gasteiger partial charge >= 0.3 is 0 Å². The molecule has 0 amide bonds. The predicted octanol–water partition coefficient (Wildman–Crippen LogP) is 0.806. The van der Waals surface area contributed by atoms with E-state index in [1.165, 1.54) is 0 Å². The van der Waals surface area contributed by atoms with Crippen LogP contribution >= 0.6 is 0 Å². The molecule has 0 saturated carbocycles. The van der Waals surface area contributed by atoms with Crippen molar-refractivity contribution in [2.75, 3.05) is 32.7 Å². The number of aromatic nitrogens is 1. The third kappa shape index (κ3) is 3.35. The Hall–Kier alpha value is -1.26. The molecular formula is C13H19N3O. The maximum atomic E-state index is 12.1. The van der Waals surface area contributed by atoms with E-state index in [0.717, 1.165) is 38.3 Å². The van der Waals surface area contributed by atoms with Crippen molar-refractivity contribution in [2.24, 2.45) is 5.92 Å². The SMILES string of the molecule is CC(CN1CCNCC1)C(=O)c1ccncc1. The third-order valence-corrected chi connectivity index (χ3v) is 3.15. The van der Waals surface area contributed by atoms with E-state index in [-0.39, 0.29) is 11.7 Å². The molecule has 4 heteroatoms. The summed E-state index contributed by atoms with van der Waals surface area (Å²) in [4.78, 5) is 18.4. The number of hydrogen-bond acceptors (Lipinski definition) is 4. The van der Waals surface area contributed by atoms with Crippen LogP contribution in [0.15, 0.2) is 24.5 Å². The monoisotopic (exact) mass is 233 g/mol. The van der Waals surface area contributed by atoms with Crippen molar-refractivity contribution in [3.05, 3.63) is 30.1 Å². The van der Waals surface area contributed by atoms with Crippen molar-refractivity contribution < 1.29 is 4.79 Å². The molecule has 2 rings (SSSR count). The molecule has 1 aromatic heterocycles. The topological polar surface area (TPSA) is 45.2 Å². The van der Waals surface area contributed by atoms with Crippen LogP contribution in [0.5, 0.6) is 0 Å². The summed E-state index contributed by atoms with van der Waals surface area (Å²) in [6.07, 6.45) is 3.34. The molecule has 1 unspecified atom stereocenters. The molecule has 4 nitrogen and oxygen atoms in total.